The first-order valence-electron chi connectivity index (χ1n) is 5.63. The fourth-order valence-electron chi connectivity index (χ4n) is 1.45. The summed E-state index contributed by atoms with van der Waals surface area (Å²) in [7, 11) is 0. The van der Waals surface area contributed by atoms with E-state index >= 15 is 0 Å². The molecule has 1 aliphatic carbocycles. The summed E-state index contributed by atoms with van der Waals surface area (Å²) in [5.74, 6) is 0. The normalized spacial score (nSPS) is 17.1. The van der Waals surface area contributed by atoms with E-state index in [9.17, 15) is 0 Å². The summed E-state index contributed by atoms with van der Waals surface area (Å²) in [5.41, 5.74) is 2.58. The highest BCUT2D eigenvalue weighted by atomic mass is 32.1. The number of nitrogens with zero attached hydrogens (tertiary/aromatic N) is 1. The third-order valence-corrected chi connectivity index (χ3v) is 3.52. The molecular formula is C12H18N2S. The molecule has 1 aliphatic rings. The minimum absolute atomic E-state index is 0.790. The molecule has 82 valence electrons. The minimum atomic E-state index is 0.790. The van der Waals surface area contributed by atoms with Crippen LogP contribution in [0.4, 0.5) is 0 Å². The lowest BCUT2D eigenvalue weighted by atomic mass is 10.2. The van der Waals surface area contributed by atoms with Gasteiger partial charge in [-0.3, -0.25) is 0 Å². The Hall–Kier alpha value is -0.670. The summed E-state index contributed by atoms with van der Waals surface area (Å²) in [6.07, 6.45) is 6.05. The molecule has 1 heterocycles. The smallest absolute Gasteiger partial charge is 0.116 e. The summed E-state index contributed by atoms with van der Waals surface area (Å²) in [6, 6.07) is 0.790. The number of nitrogens with one attached hydrogen (secondary N) is 1. The van der Waals surface area contributed by atoms with Crippen LogP contribution >= 0.6 is 11.3 Å². The van der Waals surface area contributed by atoms with Gasteiger partial charge in [0.1, 0.15) is 5.01 Å². The van der Waals surface area contributed by atoms with Crippen molar-refractivity contribution < 1.29 is 0 Å². The topological polar surface area (TPSA) is 24.9 Å². The lowest BCUT2D eigenvalue weighted by molar-refractivity contribution is 0.723. The van der Waals surface area contributed by atoms with E-state index in [4.69, 9.17) is 0 Å². The van der Waals surface area contributed by atoms with E-state index in [0.717, 1.165) is 29.7 Å². The van der Waals surface area contributed by atoms with E-state index in [0.29, 0.717) is 0 Å². The third kappa shape index (κ3) is 3.43. The van der Waals surface area contributed by atoms with Gasteiger partial charge < -0.3 is 5.32 Å². The Morgan fingerprint density at radius 2 is 2.47 bits per heavy atom. The second-order valence-electron chi connectivity index (χ2n) is 4.14. The van der Waals surface area contributed by atoms with Gasteiger partial charge >= 0.3 is 0 Å². The molecule has 2 nitrogen and oxygen atoms in total. The van der Waals surface area contributed by atoms with Crippen molar-refractivity contribution in [3.05, 3.63) is 21.7 Å². The second kappa shape index (κ2) is 4.90. The van der Waals surface area contributed by atoms with Crippen LogP contribution in [0.25, 0.3) is 6.08 Å². The van der Waals surface area contributed by atoms with E-state index in [1.165, 1.54) is 18.4 Å². The molecule has 0 spiro atoms. The molecule has 0 atom stereocenters. The molecule has 0 bridgehead atoms. The van der Waals surface area contributed by atoms with Gasteiger partial charge in [0, 0.05) is 23.7 Å². The zero-order valence-electron chi connectivity index (χ0n) is 9.42. The maximum absolute atomic E-state index is 4.46. The maximum atomic E-state index is 4.46. The first-order valence-corrected chi connectivity index (χ1v) is 6.51. The fraction of sp³-hybridized carbons (Fsp3) is 0.583. The number of rotatable bonds is 5. The number of thiazole rings is 1. The Kier molecular flexibility index (Phi) is 3.54. The lowest BCUT2D eigenvalue weighted by Crippen LogP contribution is -2.18. The highest BCUT2D eigenvalue weighted by Gasteiger charge is 2.20. The molecule has 0 amide bonds. The Morgan fingerprint density at radius 1 is 1.67 bits per heavy atom. The average Bonchev–Trinajstić information content (AvgIpc) is 2.97. The summed E-state index contributed by atoms with van der Waals surface area (Å²) in [6.45, 7) is 5.28. The van der Waals surface area contributed by atoms with Crippen molar-refractivity contribution in [2.45, 2.75) is 39.2 Å². The summed E-state index contributed by atoms with van der Waals surface area (Å²) in [5, 5.41) is 6.79. The van der Waals surface area contributed by atoms with Crippen LogP contribution in [0.5, 0.6) is 0 Å². The molecule has 1 saturated carbocycles. The van der Waals surface area contributed by atoms with Gasteiger partial charge in [-0.15, -0.1) is 11.3 Å². The summed E-state index contributed by atoms with van der Waals surface area (Å²) in [4.78, 5) is 4.46. The summed E-state index contributed by atoms with van der Waals surface area (Å²) >= 11 is 1.73. The van der Waals surface area contributed by atoms with Gasteiger partial charge in [-0.25, -0.2) is 4.98 Å². The van der Waals surface area contributed by atoms with Crippen molar-refractivity contribution in [2.75, 3.05) is 6.54 Å². The van der Waals surface area contributed by atoms with Crippen molar-refractivity contribution in [2.24, 2.45) is 0 Å². The molecule has 0 unspecified atom stereocenters. The molecule has 1 N–H and O–H groups in total. The zero-order valence-corrected chi connectivity index (χ0v) is 10.2. The molecule has 0 saturated heterocycles. The van der Waals surface area contributed by atoms with Crippen LogP contribution in [0, 0.1) is 6.92 Å². The summed E-state index contributed by atoms with van der Waals surface area (Å²) < 4.78 is 0. The van der Waals surface area contributed by atoms with Crippen LogP contribution in [0.15, 0.2) is 11.0 Å². The molecule has 1 aromatic rings. The van der Waals surface area contributed by atoms with Gasteiger partial charge in [-0.1, -0.05) is 12.5 Å². The van der Waals surface area contributed by atoms with Crippen LogP contribution in [0.2, 0.25) is 0 Å². The number of aryl methyl sites for hydroxylation is 1. The SMILES string of the molecule is CCC(=Cc1nc(C)cs1)CNC1CC1. The van der Waals surface area contributed by atoms with Crippen LogP contribution in [-0.4, -0.2) is 17.6 Å². The van der Waals surface area contributed by atoms with E-state index in [1.54, 1.807) is 11.3 Å². The van der Waals surface area contributed by atoms with Gasteiger partial charge in [-0.2, -0.15) is 0 Å². The van der Waals surface area contributed by atoms with Gasteiger partial charge in [0.25, 0.3) is 0 Å². The van der Waals surface area contributed by atoms with Crippen molar-refractivity contribution >= 4 is 17.4 Å². The van der Waals surface area contributed by atoms with Gasteiger partial charge in [0.2, 0.25) is 0 Å². The molecule has 0 aliphatic heterocycles. The zero-order chi connectivity index (χ0) is 10.7. The largest absolute Gasteiger partial charge is 0.310 e. The van der Waals surface area contributed by atoms with Crippen molar-refractivity contribution in [1.82, 2.24) is 10.3 Å². The Labute approximate surface area is 95.4 Å². The standard InChI is InChI=1S/C12H18N2S/c1-3-10(7-13-11-4-5-11)6-12-14-9(2)8-15-12/h6,8,11,13H,3-5,7H2,1-2H3. The van der Waals surface area contributed by atoms with Gasteiger partial charge in [0.15, 0.2) is 0 Å². The predicted octanol–water partition coefficient (Wildman–Crippen LogP) is 3.00. The van der Waals surface area contributed by atoms with Crippen molar-refractivity contribution in [3.8, 4) is 0 Å². The van der Waals surface area contributed by atoms with E-state index in [1.807, 2.05) is 6.92 Å². The molecule has 1 aromatic heterocycles. The highest BCUT2D eigenvalue weighted by molar-refractivity contribution is 7.10. The Morgan fingerprint density at radius 3 is 3.00 bits per heavy atom. The highest BCUT2D eigenvalue weighted by Crippen LogP contribution is 2.20. The van der Waals surface area contributed by atoms with E-state index in [2.05, 4.69) is 28.7 Å². The van der Waals surface area contributed by atoms with Crippen LogP contribution in [0.1, 0.15) is 36.9 Å². The van der Waals surface area contributed by atoms with Gasteiger partial charge in [0.05, 0.1) is 0 Å². The average molecular weight is 222 g/mol. The fourth-order valence-corrected chi connectivity index (χ4v) is 2.23. The third-order valence-electron chi connectivity index (χ3n) is 2.61. The molecular weight excluding hydrogens is 204 g/mol. The van der Waals surface area contributed by atoms with Gasteiger partial charge in [-0.05, 0) is 32.3 Å². The molecule has 2 rings (SSSR count). The molecule has 3 heteroatoms. The van der Waals surface area contributed by atoms with Crippen molar-refractivity contribution in [3.63, 3.8) is 0 Å². The predicted molar refractivity (Wildman–Crippen MR) is 66.1 cm³/mol. The second-order valence-corrected chi connectivity index (χ2v) is 5.03. The first-order chi connectivity index (χ1) is 7.28. The maximum Gasteiger partial charge on any atom is 0.116 e. The number of hydrogen-bond donors (Lipinski definition) is 1. The molecule has 15 heavy (non-hydrogen) atoms. The molecule has 0 radical (unpaired) electrons. The number of aromatic nitrogens is 1. The lowest BCUT2D eigenvalue weighted by Gasteiger charge is -2.04. The van der Waals surface area contributed by atoms with Crippen molar-refractivity contribution in [1.29, 1.82) is 0 Å². The number of hydrogen-bond acceptors (Lipinski definition) is 3. The first kappa shape index (κ1) is 10.8. The monoisotopic (exact) mass is 222 g/mol. The van der Waals surface area contributed by atoms with Crippen LogP contribution in [0.3, 0.4) is 0 Å². The Balaban J connectivity index is 1.94. The van der Waals surface area contributed by atoms with E-state index in [-0.39, 0.29) is 0 Å². The van der Waals surface area contributed by atoms with Crippen LogP contribution < -0.4 is 5.32 Å². The van der Waals surface area contributed by atoms with E-state index < -0.39 is 0 Å². The van der Waals surface area contributed by atoms with Crippen LogP contribution in [-0.2, 0) is 0 Å². The quantitative estimate of drug-likeness (QED) is 0.828. The Bertz CT molecular complexity index is 350. The minimum Gasteiger partial charge on any atom is -0.310 e. The molecule has 0 aromatic carbocycles. The molecule has 1 fully saturated rings.